The zero-order valence-electron chi connectivity index (χ0n) is 13.4. The van der Waals surface area contributed by atoms with Crippen molar-refractivity contribution in [1.82, 2.24) is 4.98 Å². The summed E-state index contributed by atoms with van der Waals surface area (Å²) in [4.78, 5) is 18.1. The molecule has 0 aliphatic heterocycles. The molecule has 0 fully saturated rings. The second kappa shape index (κ2) is 8.24. The van der Waals surface area contributed by atoms with E-state index in [2.05, 4.69) is 4.98 Å². The number of carbonyl (C=O) groups excluding carboxylic acids is 1. The van der Waals surface area contributed by atoms with Gasteiger partial charge in [-0.3, -0.25) is 0 Å². The molecule has 0 aliphatic carbocycles. The highest BCUT2D eigenvalue weighted by molar-refractivity contribution is 7.16. The number of hydrogen-bond donors (Lipinski definition) is 0. The largest absolute Gasteiger partial charge is 0.460 e. The zero-order valence-corrected chi connectivity index (χ0v) is 15.1. The van der Waals surface area contributed by atoms with Gasteiger partial charge >= 0.3 is 5.97 Å². The summed E-state index contributed by atoms with van der Waals surface area (Å²) in [6, 6.07) is 11.9. The van der Waals surface area contributed by atoms with E-state index in [1.165, 1.54) is 0 Å². The number of pyridine rings is 1. The molecule has 0 atom stereocenters. The average Bonchev–Trinajstić information content (AvgIpc) is 3.02. The summed E-state index contributed by atoms with van der Waals surface area (Å²) in [6.07, 6.45) is 0. The summed E-state index contributed by atoms with van der Waals surface area (Å²) in [5, 5.41) is 2.97. The number of fused-ring (bicyclic) bond motifs is 1. The lowest BCUT2D eigenvalue weighted by Gasteiger charge is -2.13. The molecular weight excluding hydrogens is 346 g/mol. The van der Waals surface area contributed by atoms with Crippen molar-refractivity contribution < 1.29 is 14.3 Å². The molecule has 0 amide bonds. The highest BCUT2D eigenvalue weighted by Crippen LogP contribution is 2.35. The van der Waals surface area contributed by atoms with E-state index in [1.54, 1.807) is 18.4 Å². The van der Waals surface area contributed by atoms with E-state index in [1.807, 2.05) is 48.7 Å². The minimum absolute atomic E-state index is 0. The highest BCUT2D eigenvalue weighted by atomic mass is 35.5. The Morgan fingerprint density at radius 2 is 1.92 bits per heavy atom. The maximum Gasteiger partial charge on any atom is 0.340 e. The molecule has 0 spiro atoms. The lowest BCUT2D eigenvalue weighted by atomic mass is 9.96. The summed E-state index contributed by atoms with van der Waals surface area (Å²) >= 11 is 1.57. The minimum Gasteiger partial charge on any atom is -0.460 e. The maximum absolute atomic E-state index is 12.6. The van der Waals surface area contributed by atoms with E-state index in [-0.39, 0.29) is 25.0 Å². The van der Waals surface area contributed by atoms with Gasteiger partial charge in [0.2, 0.25) is 0 Å². The van der Waals surface area contributed by atoms with Gasteiger partial charge in [0.15, 0.2) is 0 Å². The van der Waals surface area contributed by atoms with Crippen LogP contribution in [-0.4, -0.2) is 31.3 Å². The van der Waals surface area contributed by atoms with Gasteiger partial charge in [-0.2, -0.15) is 0 Å². The van der Waals surface area contributed by atoms with Crippen LogP contribution in [0, 0.1) is 6.92 Å². The Bertz CT molecular complexity index is 833. The summed E-state index contributed by atoms with van der Waals surface area (Å²) < 4.78 is 10.3. The van der Waals surface area contributed by atoms with Gasteiger partial charge in [-0.1, -0.05) is 30.3 Å². The lowest BCUT2D eigenvalue weighted by Crippen LogP contribution is -2.13. The van der Waals surface area contributed by atoms with Crippen LogP contribution in [0.4, 0.5) is 0 Å². The number of methoxy groups -OCH3 is 1. The fourth-order valence-electron chi connectivity index (χ4n) is 2.55. The van der Waals surface area contributed by atoms with E-state index >= 15 is 0 Å². The number of aromatic nitrogens is 1. The Morgan fingerprint density at radius 3 is 2.62 bits per heavy atom. The number of carbonyl (C=O) groups is 1. The second-order valence-electron chi connectivity index (χ2n) is 5.08. The molecule has 24 heavy (non-hydrogen) atoms. The fourth-order valence-corrected chi connectivity index (χ4v) is 3.37. The van der Waals surface area contributed by atoms with Crippen LogP contribution in [0.3, 0.4) is 0 Å². The molecule has 0 saturated heterocycles. The number of esters is 1. The predicted octanol–water partition coefficient (Wildman–Crippen LogP) is 4.50. The van der Waals surface area contributed by atoms with Crippen LogP contribution < -0.4 is 0 Å². The number of halogens is 1. The predicted molar refractivity (Wildman–Crippen MR) is 99.2 cm³/mol. The smallest absolute Gasteiger partial charge is 0.340 e. The lowest BCUT2D eigenvalue weighted by molar-refractivity contribution is 0.0388. The van der Waals surface area contributed by atoms with Gasteiger partial charge in [0.1, 0.15) is 11.4 Å². The van der Waals surface area contributed by atoms with Crippen molar-refractivity contribution in [3.05, 3.63) is 53.0 Å². The first-order valence-corrected chi connectivity index (χ1v) is 8.19. The molecule has 126 valence electrons. The molecule has 0 aliphatic rings. The number of rotatable bonds is 5. The standard InChI is InChI=1S/C18H17NO3S.ClH/c1-12-15(18(20)22-10-9-21-2)16(13-6-4-3-5-7-13)14-8-11-23-17(14)19-12;/h3-8,11H,9-10H2,1-2H3;1H. The second-order valence-corrected chi connectivity index (χ2v) is 5.98. The molecule has 0 saturated carbocycles. The zero-order chi connectivity index (χ0) is 16.2. The molecular formula is C18H18ClNO3S. The van der Waals surface area contributed by atoms with E-state index in [0.29, 0.717) is 17.9 Å². The molecule has 3 rings (SSSR count). The Balaban J connectivity index is 0.00000208. The number of hydrogen-bond acceptors (Lipinski definition) is 5. The highest BCUT2D eigenvalue weighted by Gasteiger charge is 2.21. The summed E-state index contributed by atoms with van der Waals surface area (Å²) in [5.41, 5.74) is 3.08. The fraction of sp³-hybridized carbons (Fsp3) is 0.222. The molecule has 0 unspecified atom stereocenters. The molecule has 6 heteroatoms. The number of nitrogens with zero attached hydrogens (tertiary/aromatic N) is 1. The van der Waals surface area contributed by atoms with Gasteiger partial charge in [0, 0.05) is 18.1 Å². The minimum atomic E-state index is -0.362. The van der Waals surface area contributed by atoms with Gasteiger partial charge in [-0.15, -0.1) is 23.7 Å². The Hall–Kier alpha value is -1.95. The summed E-state index contributed by atoms with van der Waals surface area (Å²) in [5.74, 6) is -0.362. The van der Waals surface area contributed by atoms with Crippen LogP contribution in [0.15, 0.2) is 41.8 Å². The van der Waals surface area contributed by atoms with Crippen molar-refractivity contribution in [3.63, 3.8) is 0 Å². The van der Waals surface area contributed by atoms with Crippen molar-refractivity contribution in [2.45, 2.75) is 6.92 Å². The third-order valence-electron chi connectivity index (χ3n) is 3.58. The Labute approximate surface area is 150 Å². The van der Waals surface area contributed by atoms with Crippen molar-refractivity contribution >= 4 is 39.9 Å². The average molecular weight is 364 g/mol. The van der Waals surface area contributed by atoms with Crippen molar-refractivity contribution in [2.24, 2.45) is 0 Å². The first-order valence-electron chi connectivity index (χ1n) is 7.31. The SMILES string of the molecule is COCCOC(=O)c1c(C)nc2sccc2c1-c1ccccc1.Cl. The number of ether oxygens (including phenoxy) is 2. The molecule has 4 nitrogen and oxygen atoms in total. The van der Waals surface area contributed by atoms with E-state index in [4.69, 9.17) is 9.47 Å². The summed E-state index contributed by atoms with van der Waals surface area (Å²) in [7, 11) is 1.58. The van der Waals surface area contributed by atoms with Crippen molar-refractivity contribution in [2.75, 3.05) is 20.3 Å². The quantitative estimate of drug-likeness (QED) is 0.494. The maximum atomic E-state index is 12.6. The topological polar surface area (TPSA) is 48.4 Å². The Morgan fingerprint density at radius 1 is 1.17 bits per heavy atom. The number of thiophene rings is 1. The molecule has 0 radical (unpaired) electrons. The van der Waals surface area contributed by atoms with E-state index < -0.39 is 0 Å². The number of benzene rings is 1. The van der Waals surface area contributed by atoms with Crippen LogP contribution in [0.1, 0.15) is 16.1 Å². The van der Waals surface area contributed by atoms with E-state index in [0.717, 1.165) is 21.3 Å². The van der Waals surface area contributed by atoms with Gasteiger partial charge in [0.25, 0.3) is 0 Å². The first kappa shape index (κ1) is 18.4. The van der Waals surface area contributed by atoms with Crippen molar-refractivity contribution in [1.29, 1.82) is 0 Å². The van der Waals surface area contributed by atoms with Crippen molar-refractivity contribution in [3.8, 4) is 11.1 Å². The molecule has 2 aromatic heterocycles. The van der Waals surface area contributed by atoms with E-state index in [9.17, 15) is 4.79 Å². The molecule has 1 aromatic carbocycles. The van der Waals surface area contributed by atoms with Crippen LogP contribution in [0.5, 0.6) is 0 Å². The van der Waals surface area contributed by atoms with Crippen LogP contribution in [0.25, 0.3) is 21.3 Å². The third kappa shape index (κ3) is 3.59. The van der Waals surface area contributed by atoms with Crippen LogP contribution in [0.2, 0.25) is 0 Å². The molecule has 0 bridgehead atoms. The number of aryl methyl sites for hydroxylation is 1. The molecule has 2 heterocycles. The van der Waals surface area contributed by atoms with Gasteiger partial charge in [0.05, 0.1) is 17.9 Å². The summed E-state index contributed by atoms with van der Waals surface area (Å²) in [6.45, 7) is 2.45. The third-order valence-corrected chi connectivity index (χ3v) is 4.39. The van der Waals surface area contributed by atoms with Gasteiger partial charge in [-0.25, -0.2) is 9.78 Å². The normalized spacial score (nSPS) is 10.4. The first-order chi connectivity index (χ1) is 11.2. The van der Waals surface area contributed by atoms with Gasteiger partial charge < -0.3 is 9.47 Å². The van der Waals surface area contributed by atoms with Crippen LogP contribution >= 0.6 is 23.7 Å². The Kier molecular flexibility index (Phi) is 6.31. The van der Waals surface area contributed by atoms with Crippen LogP contribution in [-0.2, 0) is 9.47 Å². The monoisotopic (exact) mass is 363 g/mol. The molecule has 3 aromatic rings. The molecule has 0 N–H and O–H groups in total. The van der Waals surface area contributed by atoms with Gasteiger partial charge in [-0.05, 0) is 23.9 Å².